The van der Waals surface area contributed by atoms with Crippen LogP contribution in [-0.2, 0) is 13.6 Å². The van der Waals surface area contributed by atoms with Crippen molar-refractivity contribution < 1.29 is 0 Å². The van der Waals surface area contributed by atoms with E-state index in [-0.39, 0.29) is 0 Å². The number of rotatable bonds is 3. The lowest BCUT2D eigenvalue weighted by molar-refractivity contribution is 0.756. The third-order valence-electron chi connectivity index (χ3n) is 2.77. The van der Waals surface area contributed by atoms with Crippen LogP contribution >= 0.6 is 22.6 Å². The van der Waals surface area contributed by atoms with Gasteiger partial charge < -0.3 is 5.32 Å². The molecule has 2 rings (SSSR count). The first kappa shape index (κ1) is 12.4. The second-order valence-corrected chi connectivity index (χ2v) is 5.39. The predicted octanol–water partition coefficient (Wildman–Crippen LogP) is 3.25. The van der Waals surface area contributed by atoms with Gasteiger partial charge >= 0.3 is 0 Å². The molecule has 1 N–H and O–H groups in total. The Morgan fingerprint density at radius 1 is 1.35 bits per heavy atom. The van der Waals surface area contributed by atoms with E-state index in [1.54, 1.807) is 0 Å². The molecule has 3 nitrogen and oxygen atoms in total. The van der Waals surface area contributed by atoms with Gasteiger partial charge in [0, 0.05) is 34.6 Å². The van der Waals surface area contributed by atoms with Crippen LogP contribution in [0.15, 0.2) is 24.4 Å². The molecule has 1 heterocycles. The molecule has 0 spiro atoms. The van der Waals surface area contributed by atoms with E-state index in [2.05, 4.69) is 64.3 Å². The van der Waals surface area contributed by atoms with Crippen molar-refractivity contribution in [3.8, 4) is 0 Å². The summed E-state index contributed by atoms with van der Waals surface area (Å²) in [6, 6.07) is 6.42. The highest BCUT2D eigenvalue weighted by atomic mass is 127. The van der Waals surface area contributed by atoms with Gasteiger partial charge in [-0.2, -0.15) is 5.10 Å². The maximum Gasteiger partial charge on any atom is 0.0643 e. The van der Waals surface area contributed by atoms with Crippen molar-refractivity contribution in [2.24, 2.45) is 7.05 Å². The first-order chi connectivity index (χ1) is 8.06. The third kappa shape index (κ3) is 3.00. The molecule has 0 saturated carbocycles. The van der Waals surface area contributed by atoms with Crippen LogP contribution in [0, 0.1) is 17.4 Å². The highest BCUT2D eigenvalue weighted by molar-refractivity contribution is 14.1. The highest BCUT2D eigenvalue weighted by Gasteiger charge is 2.03. The molecule has 0 aliphatic rings. The molecule has 1 aromatic carbocycles. The normalized spacial score (nSPS) is 10.6. The summed E-state index contributed by atoms with van der Waals surface area (Å²) in [5.41, 5.74) is 4.79. The Kier molecular flexibility index (Phi) is 3.71. The standard InChI is InChI=1S/C13H16IN3/c1-9-4-5-12(6-13(9)14)15-7-11-8-17(3)16-10(11)2/h4-6,8,15H,7H2,1-3H3. The second-order valence-electron chi connectivity index (χ2n) is 4.23. The Hall–Kier alpha value is -1.04. The molecule has 4 heteroatoms. The zero-order valence-electron chi connectivity index (χ0n) is 10.3. The Morgan fingerprint density at radius 3 is 2.71 bits per heavy atom. The van der Waals surface area contributed by atoms with Crippen molar-refractivity contribution in [3.63, 3.8) is 0 Å². The van der Waals surface area contributed by atoms with Gasteiger partial charge in [0.25, 0.3) is 0 Å². The molecule has 1 aromatic heterocycles. The minimum atomic E-state index is 0.818. The predicted molar refractivity (Wildman–Crippen MR) is 79.2 cm³/mol. The SMILES string of the molecule is Cc1ccc(NCc2cn(C)nc2C)cc1I. The molecule has 0 radical (unpaired) electrons. The fourth-order valence-electron chi connectivity index (χ4n) is 1.72. The molecule has 0 unspecified atom stereocenters. The minimum absolute atomic E-state index is 0.818. The zero-order chi connectivity index (χ0) is 12.4. The molecule has 0 aliphatic heterocycles. The second kappa shape index (κ2) is 5.08. The minimum Gasteiger partial charge on any atom is -0.381 e. The largest absolute Gasteiger partial charge is 0.381 e. The van der Waals surface area contributed by atoms with E-state index in [4.69, 9.17) is 0 Å². The van der Waals surface area contributed by atoms with Crippen molar-refractivity contribution >= 4 is 28.3 Å². The van der Waals surface area contributed by atoms with Gasteiger partial charge in [0.05, 0.1) is 5.69 Å². The zero-order valence-corrected chi connectivity index (χ0v) is 12.4. The number of anilines is 1. The summed E-state index contributed by atoms with van der Waals surface area (Å²) in [5.74, 6) is 0. The number of nitrogens with one attached hydrogen (secondary N) is 1. The number of benzene rings is 1. The van der Waals surface area contributed by atoms with E-state index < -0.39 is 0 Å². The summed E-state index contributed by atoms with van der Waals surface area (Å²) in [6.45, 7) is 4.98. The molecule has 0 amide bonds. The van der Waals surface area contributed by atoms with E-state index in [1.165, 1.54) is 14.7 Å². The third-order valence-corrected chi connectivity index (χ3v) is 3.93. The van der Waals surface area contributed by atoms with Crippen molar-refractivity contribution in [1.82, 2.24) is 9.78 Å². The Morgan fingerprint density at radius 2 is 2.12 bits per heavy atom. The summed E-state index contributed by atoms with van der Waals surface area (Å²) in [7, 11) is 1.95. The quantitative estimate of drug-likeness (QED) is 0.869. The van der Waals surface area contributed by atoms with Gasteiger partial charge in [-0.05, 0) is 54.1 Å². The number of halogens is 1. The average Bonchev–Trinajstić information content (AvgIpc) is 2.59. The number of aromatic nitrogens is 2. The van der Waals surface area contributed by atoms with Gasteiger partial charge in [-0.3, -0.25) is 4.68 Å². The number of hydrogen-bond donors (Lipinski definition) is 1. The average molecular weight is 341 g/mol. The lowest BCUT2D eigenvalue weighted by Crippen LogP contribution is -2.00. The summed E-state index contributed by atoms with van der Waals surface area (Å²) in [5, 5.41) is 7.76. The molecule has 0 aliphatic carbocycles. The van der Waals surface area contributed by atoms with E-state index in [0.29, 0.717) is 0 Å². The summed E-state index contributed by atoms with van der Waals surface area (Å²) < 4.78 is 3.14. The van der Waals surface area contributed by atoms with Crippen molar-refractivity contribution in [2.45, 2.75) is 20.4 Å². The number of nitrogens with zero attached hydrogens (tertiary/aromatic N) is 2. The van der Waals surface area contributed by atoms with Crippen molar-refractivity contribution in [2.75, 3.05) is 5.32 Å². The van der Waals surface area contributed by atoms with E-state index >= 15 is 0 Å². The van der Waals surface area contributed by atoms with Gasteiger partial charge in [-0.25, -0.2) is 0 Å². The topological polar surface area (TPSA) is 29.9 Å². The van der Waals surface area contributed by atoms with Crippen LogP contribution in [0.1, 0.15) is 16.8 Å². The first-order valence-corrected chi connectivity index (χ1v) is 6.63. The summed E-state index contributed by atoms with van der Waals surface area (Å²) >= 11 is 2.36. The van der Waals surface area contributed by atoms with Crippen molar-refractivity contribution in [3.05, 3.63) is 44.8 Å². The van der Waals surface area contributed by atoms with Gasteiger partial charge in [0.15, 0.2) is 0 Å². The van der Waals surface area contributed by atoms with E-state index in [9.17, 15) is 0 Å². The van der Waals surface area contributed by atoms with Crippen LogP contribution in [0.4, 0.5) is 5.69 Å². The molecular formula is C13H16IN3. The summed E-state index contributed by atoms with van der Waals surface area (Å²) in [6.07, 6.45) is 2.06. The molecule has 0 fully saturated rings. The van der Waals surface area contributed by atoms with Crippen molar-refractivity contribution in [1.29, 1.82) is 0 Å². The number of hydrogen-bond acceptors (Lipinski definition) is 2. The fraction of sp³-hybridized carbons (Fsp3) is 0.308. The molecule has 90 valence electrons. The lowest BCUT2D eigenvalue weighted by Gasteiger charge is -2.07. The van der Waals surface area contributed by atoms with Gasteiger partial charge in [0.1, 0.15) is 0 Å². The summed E-state index contributed by atoms with van der Waals surface area (Å²) in [4.78, 5) is 0. The van der Waals surface area contributed by atoms with Gasteiger partial charge in [-0.15, -0.1) is 0 Å². The molecule has 0 saturated heterocycles. The lowest BCUT2D eigenvalue weighted by atomic mass is 10.2. The van der Waals surface area contributed by atoms with Crippen LogP contribution < -0.4 is 5.32 Å². The molecule has 2 aromatic rings. The van der Waals surface area contributed by atoms with E-state index in [1.807, 2.05) is 18.7 Å². The molecule has 17 heavy (non-hydrogen) atoms. The Bertz CT molecular complexity index is 531. The molecular weight excluding hydrogens is 325 g/mol. The Labute approximate surface area is 115 Å². The monoisotopic (exact) mass is 341 g/mol. The molecule has 0 bridgehead atoms. The van der Waals surface area contributed by atoms with Crippen LogP contribution in [0.25, 0.3) is 0 Å². The first-order valence-electron chi connectivity index (χ1n) is 5.55. The Balaban J connectivity index is 2.07. The number of aryl methyl sites for hydroxylation is 3. The highest BCUT2D eigenvalue weighted by Crippen LogP contribution is 2.18. The van der Waals surface area contributed by atoms with E-state index in [0.717, 1.165) is 17.9 Å². The maximum atomic E-state index is 4.33. The van der Waals surface area contributed by atoms with Crippen LogP contribution in [0.2, 0.25) is 0 Å². The fourth-order valence-corrected chi connectivity index (χ4v) is 2.24. The van der Waals surface area contributed by atoms with Gasteiger partial charge in [0.2, 0.25) is 0 Å². The molecule has 0 atom stereocenters. The smallest absolute Gasteiger partial charge is 0.0643 e. The van der Waals surface area contributed by atoms with Gasteiger partial charge in [-0.1, -0.05) is 6.07 Å². The van der Waals surface area contributed by atoms with Crippen LogP contribution in [0.3, 0.4) is 0 Å². The maximum absolute atomic E-state index is 4.33. The van der Waals surface area contributed by atoms with Crippen LogP contribution in [0.5, 0.6) is 0 Å². The van der Waals surface area contributed by atoms with Crippen LogP contribution in [-0.4, -0.2) is 9.78 Å².